The molecule has 0 spiro atoms. The van der Waals surface area contributed by atoms with Crippen LogP contribution >= 0.6 is 0 Å². The molecular formula is C14H21N3O5S. The van der Waals surface area contributed by atoms with Gasteiger partial charge in [0.05, 0.1) is 19.3 Å². The first kappa shape index (κ1) is 17.8. The van der Waals surface area contributed by atoms with E-state index in [9.17, 15) is 13.2 Å². The van der Waals surface area contributed by atoms with Crippen molar-refractivity contribution in [3.8, 4) is 0 Å². The summed E-state index contributed by atoms with van der Waals surface area (Å²) in [6.45, 7) is 1.48. The molecule has 1 aliphatic rings. The smallest absolute Gasteiger partial charge is 0.356 e. The molecule has 0 amide bonds. The second-order valence-electron chi connectivity index (χ2n) is 5.44. The van der Waals surface area contributed by atoms with Gasteiger partial charge in [-0.2, -0.15) is 0 Å². The summed E-state index contributed by atoms with van der Waals surface area (Å²) in [4.78, 5) is 15.1. The van der Waals surface area contributed by atoms with Gasteiger partial charge in [0.1, 0.15) is 10.6 Å². The number of hydrogen-bond donors (Lipinski definition) is 2. The van der Waals surface area contributed by atoms with Crippen LogP contribution in [0.5, 0.6) is 0 Å². The molecule has 2 rings (SSSR count). The number of methoxy groups -OCH3 is 2. The molecule has 1 unspecified atom stereocenters. The van der Waals surface area contributed by atoms with E-state index in [1.54, 1.807) is 7.11 Å². The van der Waals surface area contributed by atoms with E-state index in [2.05, 4.69) is 19.8 Å². The Morgan fingerprint density at radius 2 is 2.22 bits per heavy atom. The van der Waals surface area contributed by atoms with E-state index >= 15 is 0 Å². The van der Waals surface area contributed by atoms with E-state index in [4.69, 9.17) is 4.74 Å². The van der Waals surface area contributed by atoms with Crippen molar-refractivity contribution < 1.29 is 22.7 Å². The predicted molar refractivity (Wildman–Crippen MR) is 82.6 cm³/mol. The average molecular weight is 343 g/mol. The Balaban J connectivity index is 2.08. The SMILES string of the molecule is COCC1(CNS(=O)(=O)c2ccc(C(=O)OC)nc2)CCCN1. The molecule has 0 radical (unpaired) electrons. The highest BCUT2D eigenvalue weighted by atomic mass is 32.2. The maximum Gasteiger partial charge on any atom is 0.356 e. The Bertz CT molecular complexity index is 639. The maximum atomic E-state index is 12.4. The van der Waals surface area contributed by atoms with Crippen molar-refractivity contribution in [2.24, 2.45) is 0 Å². The first-order valence-corrected chi connectivity index (χ1v) is 8.69. The molecule has 9 heteroatoms. The third-order valence-electron chi connectivity index (χ3n) is 3.79. The molecule has 1 aromatic heterocycles. The lowest BCUT2D eigenvalue weighted by Gasteiger charge is -2.28. The Morgan fingerprint density at radius 3 is 2.74 bits per heavy atom. The molecular weight excluding hydrogens is 322 g/mol. The van der Waals surface area contributed by atoms with Gasteiger partial charge in [0.15, 0.2) is 0 Å². The number of pyridine rings is 1. The Hall–Kier alpha value is -1.55. The number of nitrogens with one attached hydrogen (secondary N) is 2. The number of sulfonamides is 1. The molecule has 1 aromatic rings. The fraction of sp³-hybridized carbons (Fsp3) is 0.571. The molecule has 0 saturated carbocycles. The highest BCUT2D eigenvalue weighted by Gasteiger charge is 2.34. The monoisotopic (exact) mass is 343 g/mol. The van der Waals surface area contributed by atoms with Gasteiger partial charge >= 0.3 is 5.97 Å². The molecule has 0 aromatic carbocycles. The van der Waals surface area contributed by atoms with Crippen LogP contribution in [0, 0.1) is 0 Å². The molecule has 0 bridgehead atoms. The predicted octanol–water partition coefficient (Wildman–Crippen LogP) is -0.0849. The van der Waals surface area contributed by atoms with Crippen molar-refractivity contribution in [3.63, 3.8) is 0 Å². The number of rotatable bonds is 7. The zero-order valence-electron chi connectivity index (χ0n) is 13.2. The second kappa shape index (κ2) is 7.35. The van der Waals surface area contributed by atoms with Crippen molar-refractivity contribution in [2.75, 3.05) is 33.9 Å². The minimum atomic E-state index is -3.71. The van der Waals surface area contributed by atoms with Gasteiger partial charge in [0.2, 0.25) is 10.0 Å². The molecule has 2 N–H and O–H groups in total. The van der Waals surface area contributed by atoms with Crippen LogP contribution in [-0.2, 0) is 19.5 Å². The van der Waals surface area contributed by atoms with Crippen LogP contribution in [0.15, 0.2) is 23.2 Å². The number of esters is 1. The van der Waals surface area contributed by atoms with Crippen molar-refractivity contribution in [2.45, 2.75) is 23.3 Å². The summed E-state index contributed by atoms with van der Waals surface area (Å²) in [6.07, 6.45) is 2.95. The minimum Gasteiger partial charge on any atom is -0.464 e. The first-order valence-electron chi connectivity index (χ1n) is 7.20. The normalized spacial score (nSPS) is 21.3. The van der Waals surface area contributed by atoms with Crippen molar-refractivity contribution >= 4 is 16.0 Å². The van der Waals surface area contributed by atoms with E-state index in [0.29, 0.717) is 6.61 Å². The summed E-state index contributed by atoms with van der Waals surface area (Å²) in [5, 5.41) is 3.30. The van der Waals surface area contributed by atoms with E-state index in [0.717, 1.165) is 25.6 Å². The summed E-state index contributed by atoms with van der Waals surface area (Å²) in [5.74, 6) is -0.615. The quantitative estimate of drug-likeness (QED) is 0.667. The van der Waals surface area contributed by atoms with Crippen LogP contribution in [0.25, 0.3) is 0 Å². The summed E-state index contributed by atoms with van der Waals surface area (Å²) in [6, 6.07) is 2.64. The Labute approximate surface area is 135 Å². The number of aromatic nitrogens is 1. The van der Waals surface area contributed by atoms with Gasteiger partial charge in [-0.25, -0.2) is 22.9 Å². The second-order valence-corrected chi connectivity index (χ2v) is 7.21. The van der Waals surface area contributed by atoms with Crippen molar-refractivity contribution in [3.05, 3.63) is 24.0 Å². The van der Waals surface area contributed by atoms with Gasteiger partial charge < -0.3 is 14.8 Å². The average Bonchev–Trinajstić information content (AvgIpc) is 3.02. The van der Waals surface area contributed by atoms with Crippen LogP contribution in [0.1, 0.15) is 23.3 Å². The van der Waals surface area contributed by atoms with Gasteiger partial charge in [0, 0.05) is 19.9 Å². The maximum absolute atomic E-state index is 12.4. The number of carbonyl (C=O) groups is 1. The largest absolute Gasteiger partial charge is 0.464 e. The molecule has 1 saturated heterocycles. The van der Waals surface area contributed by atoms with Gasteiger partial charge in [-0.15, -0.1) is 0 Å². The molecule has 8 nitrogen and oxygen atoms in total. The third-order valence-corrected chi connectivity index (χ3v) is 5.18. The highest BCUT2D eigenvalue weighted by Crippen LogP contribution is 2.20. The standard InChI is InChI=1S/C14H21N3O5S/c1-21-10-14(6-3-7-16-14)9-17-23(19,20)11-4-5-12(15-8-11)13(18)22-2/h4-5,8,16-17H,3,6-7,9-10H2,1-2H3. The molecule has 0 aliphatic carbocycles. The summed E-state index contributed by atoms with van der Waals surface area (Å²) >= 11 is 0. The molecule has 128 valence electrons. The number of ether oxygens (including phenoxy) is 2. The fourth-order valence-corrected chi connectivity index (χ4v) is 3.62. The molecule has 1 atom stereocenters. The summed E-state index contributed by atoms with van der Waals surface area (Å²) in [5.41, 5.74) is -0.332. The van der Waals surface area contributed by atoms with Crippen LogP contribution in [0.4, 0.5) is 0 Å². The lowest BCUT2D eigenvalue weighted by Crippen LogP contribution is -2.52. The van der Waals surface area contributed by atoms with Gasteiger partial charge in [0.25, 0.3) is 0 Å². The molecule has 23 heavy (non-hydrogen) atoms. The van der Waals surface area contributed by atoms with Crippen LogP contribution in [-0.4, -0.2) is 58.8 Å². The molecule has 2 heterocycles. The Kier molecular flexibility index (Phi) is 5.69. The fourth-order valence-electron chi connectivity index (χ4n) is 2.55. The van der Waals surface area contributed by atoms with Crippen LogP contribution in [0.2, 0.25) is 0 Å². The number of carbonyl (C=O) groups excluding carboxylic acids is 1. The van der Waals surface area contributed by atoms with Crippen molar-refractivity contribution in [1.82, 2.24) is 15.0 Å². The molecule has 1 fully saturated rings. The zero-order valence-corrected chi connectivity index (χ0v) is 14.0. The van der Waals surface area contributed by atoms with Crippen LogP contribution in [0.3, 0.4) is 0 Å². The summed E-state index contributed by atoms with van der Waals surface area (Å²) in [7, 11) is -0.888. The highest BCUT2D eigenvalue weighted by molar-refractivity contribution is 7.89. The van der Waals surface area contributed by atoms with E-state index in [-0.39, 0.29) is 22.7 Å². The number of nitrogens with zero attached hydrogens (tertiary/aromatic N) is 1. The topological polar surface area (TPSA) is 107 Å². The van der Waals surface area contributed by atoms with E-state index < -0.39 is 16.0 Å². The van der Waals surface area contributed by atoms with Gasteiger partial charge in [-0.05, 0) is 31.5 Å². The first-order chi connectivity index (χ1) is 10.9. The number of hydrogen-bond acceptors (Lipinski definition) is 7. The lowest BCUT2D eigenvalue weighted by molar-refractivity contribution is 0.0594. The minimum absolute atomic E-state index is 0.00397. The molecule has 1 aliphatic heterocycles. The Morgan fingerprint density at radius 1 is 1.43 bits per heavy atom. The third kappa shape index (κ3) is 4.25. The van der Waals surface area contributed by atoms with Gasteiger partial charge in [-0.3, -0.25) is 0 Å². The van der Waals surface area contributed by atoms with E-state index in [1.807, 2.05) is 0 Å². The lowest BCUT2D eigenvalue weighted by atomic mass is 9.99. The van der Waals surface area contributed by atoms with Crippen molar-refractivity contribution in [1.29, 1.82) is 0 Å². The van der Waals surface area contributed by atoms with Crippen LogP contribution < -0.4 is 10.0 Å². The zero-order chi connectivity index (χ0) is 16.9. The van der Waals surface area contributed by atoms with E-state index in [1.165, 1.54) is 19.2 Å². The van der Waals surface area contributed by atoms with Gasteiger partial charge in [-0.1, -0.05) is 0 Å². The summed E-state index contributed by atoms with van der Waals surface area (Å²) < 4.78 is 37.0.